The van der Waals surface area contributed by atoms with Gasteiger partial charge in [-0.25, -0.2) is 4.98 Å². The number of hydrogen-bond acceptors (Lipinski definition) is 6. The minimum absolute atomic E-state index is 0.0944. The van der Waals surface area contributed by atoms with Gasteiger partial charge in [0.25, 0.3) is 5.56 Å². The lowest BCUT2D eigenvalue weighted by molar-refractivity contribution is -0.121. The van der Waals surface area contributed by atoms with Gasteiger partial charge in [-0.05, 0) is 43.5 Å². The molecule has 1 amide bonds. The zero-order chi connectivity index (χ0) is 22.4. The molecule has 0 aliphatic heterocycles. The Morgan fingerprint density at radius 3 is 2.81 bits per heavy atom. The number of aromatic nitrogens is 2. The Hall–Kier alpha value is -2.87. The zero-order valence-electron chi connectivity index (χ0n) is 18.5. The molecule has 0 aliphatic rings. The van der Waals surface area contributed by atoms with Crippen LogP contribution in [-0.2, 0) is 17.9 Å². The van der Waals surface area contributed by atoms with E-state index in [1.165, 1.54) is 22.2 Å². The van der Waals surface area contributed by atoms with Gasteiger partial charge < -0.3 is 14.8 Å². The normalized spacial score (nSPS) is 11.0. The van der Waals surface area contributed by atoms with E-state index in [2.05, 4.69) is 17.2 Å². The van der Waals surface area contributed by atoms with Crippen molar-refractivity contribution in [3.05, 3.63) is 50.9 Å². The van der Waals surface area contributed by atoms with Crippen LogP contribution in [0.5, 0.6) is 11.5 Å². The lowest BCUT2D eigenvalue weighted by Gasteiger charge is -2.12. The van der Waals surface area contributed by atoms with Crippen LogP contribution in [0, 0.1) is 13.8 Å². The summed E-state index contributed by atoms with van der Waals surface area (Å²) in [6, 6.07) is 5.64. The van der Waals surface area contributed by atoms with E-state index in [0.717, 1.165) is 33.7 Å². The van der Waals surface area contributed by atoms with Crippen molar-refractivity contribution >= 4 is 27.5 Å². The molecule has 7 nitrogen and oxygen atoms in total. The molecule has 0 bridgehead atoms. The highest BCUT2D eigenvalue weighted by Crippen LogP contribution is 2.28. The Bertz CT molecular complexity index is 1120. The molecule has 1 N–H and O–H groups in total. The van der Waals surface area contributed by atoms with Gasteiger partial charge in [-0.3, -0.25) is 14.2 Å². The molecule has 0 unspecified atom stereocenters. The first-order valence-electron chi connectivity index (χ1n) is 10.5. The van der Waals surface area contributed by atoms with Crippen LogP contribution in [0.3, 0.4) is 0 Å². The number of benzene rings is 1. The Labute approximate surface area is 186 Å². The fourth-order valence-electron chi connectivity index (χ4n) is 3.21. The minimum Gasteiger partial charge on any atom is -0.493 e. The predicted octanol–water partition coefficient (Wildman–Crippen LogP) is 3.97. The van der Waals surface area contributed by atoms with Gasteiger partial charge in [0.15, 0.2) is 11.5 Å². The Morgan fingerprint density at radius 2 is 2.06 bits per heavy atom. The Morgan fingerprint density at radius 1 is 1.26 bits per heavy atom. The van der Waals surface area contributed by atoms with Crippen LogP contribution < -0.4 is 20.3 Å². The number of aryl methyl sites for hydroxylation is 3. The highest BCUT2D eigenvalue weighted by atomic mass is 32.1. The largest absolute Gasteiger partial charge is 0.493 e. The molecule has 3 rings (SSSR count). The van der Waals surface area contributed by atoms with E-state index in [1.54, 1.807) is 7.11 Å². The number of methoxy groups -OCH3 is 1. The topological polar surface area (TPSA) is 82.5 Å². The molecule has 8 heteroatoms. The third-order valence-corrected chi connectivity index (χ3v) is 6.32. The number of amides is 1. The maximum absolute atomic E-state index is 12.7. The van der Waals surface area contributed by atoms with Crippen molar-refractivity contribution in [1.82, 2.24) is 14.9 Å². The van der Waals surface area contributed by atoms with Gasteiger partial charge >= 0.3 is 0 Å². The van der Waals surface area contributed by atoms with Crippen molar-refractivity contribution in [3.8, 4) is 11.5 Å². The first-order valence-corrected chi connectivity index (χ1v) is 11.3. The number of carbonyl (C=O) groups is 1. The molecule has 2 heterocycles. The number of nitrogens with zero attached hydrogens (tertiary/aromatic N) is 2. The fraction of sp³-hybridized carbons (Fsp3) is 0.435. The summed E-state index contributed by atoms with van der Waals surface area (Å²) in [4.78, 5) is 31.3. The second-order valence-electron chi connectivity index (χ2n) is 7.42. The molecule has 1 aromatic carbocycles. The molecule has 0 radical (unpaired) electrons. The number of nitrogens with one attached hydrogen (secondary N) is 1. The zero-order valence-corrected chi connectivity index (χ0v) is 19.3. The molecule has 166 valence electrons. The predicted molar refractivity (Wildman–Crippen MR) is 123 cm³/mol. The monoisotopic (exact) mass is 443 g/mol. The maximum atomic E-state index is 12.7. The smallest absolute Gasteiger partial charge is 0.262 e. The summed E-state index contributed by atoms with van der Waals surface area (Å²) < 4.78 is 12.7. The molecule has 0 spiro atoms. The van der Waals surface area contributed by atoms with Crippen LogP contribution in [0.15, 0.2) is 29.3 Å². The molecule has 0 saturated heterocycles. The minimum atomic E-state index is -0.132. The summed E-state index contributed by atoms with van der Waals surface area (Å²) in [6.45, 7) is 7.34. The van der Waals surface area contributed by atoms with Crippen LogP contribution in [0.2, 0.25) is 0 Å². The number of hydrogen-bond donors (Lipinski definition) is 1. The van der Waals surface area contributed by atoms with Crippen molar-refractivity contribution in [1.29, 1.82) is 0 Å². The quantitative estimate of drug-likeness (QED) is 0.480. The van der Waals surface area contributed by atoms with Gasteiger partial charge in [0.1, 0.15) is 4.83 Å². The number of carbonyl (C=O) groups excluding carboxylic acids is 1. The van der Waals surface area contributed by atoms with Gasteiger partial charge in [0.2, 0.25) is 5.91 Å². The van der Waals surface area contributed by atoms with Crippen molar-refractivity contribution in [2.45, 2.75) is 53.1 Å². The van der Waals surface area contributed by atoms with Crippen molar-refractivity contribution in [2.75, 3.05) is 13.7 Å². The number of ether oxygens (including phenoxy) is 2. The Kier molecular flexibility index (Phi) is 7.68. The summed E-state index contributed by atoms with van der Waals surface area (Å²) in [7, 11) is 1.60. The highest BCUT2D eigenvalue weighted by Gasteiger charge is 2.13. The van der Waals surface area contributed by atoms with E-state index in [-0.39, 0.29) is 24.4 Å². The van der Waals surface area contributed by atoms with Gasteiger partial charge in [0.05, 0.1) is 25.4 Å². The lowest BCUT2D eigenvalue weighted by Crippen LogP contribution is -2.27. The summed E-state index contributed by atoms with van der Waals surface area (Å²) in [5, 5.41) is 3.55. The number of rotatable bonds is 10. The molecule has 31 heavy (non-hydrogen) atoms. The van der Waals surface area contributed by atoms with Gasteiger partial charge in [-0.2, -0.15) is 0 Å². The third-order valence-electron chi connectivity index (χ3n) is 5.21. The molecule has 2 aromatic heterocycles. The van der Waals surface area contributed by atoms with Crippen LogP contribution in [0.25, 0.3) is 10.2 Å². The molecule has 0 aliphatic carbocycles. The average molecular weight is 444 g/mol. The van der Waals surface area contributed by atoms with Gasteiger partial charge in [-0.15, -0.1) is 11.3 Å². The highest BCUT2D eigenvalue weighted by molar-refractivity contribution is 7.18. The van der Waals surface area contributed by atoms with Gasteiger partial charge in [-0.1, -0.05) is 19.4 Å². The SMILES string of the molecule is CCCCOc1ccc(CNC(=O)CCn2cnc3sc(C)c(C)c3c2=O)cc1OC. The first-order chi connectivity index (χ1) is 14.9. The second kappa shape index (κ2) is 10.4. The van der Waals surface area contributed by atoms with E-state index in [4.69, 9.17) is 9.47 Å². The van der Waals surface area contributed by atoms with Crippen LogP contribution in [-0.4, -0.2) is 29.2 Å². The van der Waals surface area contributed by atoms with E-state index in [1.807, 2.05) is 32.0 Å². The summed E-state index contributed by atoms with van der Waals surface area (Å²) in [5.41, 5.74) is 1.79. The molecular formula is C23H29N3O4S. The van der Waals surface area contributed by atoms with Crippen molar-refractivity contribution in [2.24, 2.45) is 0 Å². The van der Waals surface area contributed by atoms with Crippen LogP contribution in [0.1, 0.15) is 42.2 Å². The summed E-state index contributed by atoms with van der Waals surface area (Å²) >= 11 is 1.52. The number of thiophene rings is 1. The molecule has 0 saturated carbocycles. The molecule has 0 fully saturated rings. The molecular weight excluding hydrogens is 414 g/mol. The molecule has 0 atom stereocenters. The third kappa shape index (κ3) is 5.44. The first kappa shape index (κ1) is 22.8. The summed E-state index contributed by atoms with van der Waals surface area (Å²) in [5.74, 6) is 1.22. The Balaban J connectivity index is 1.57. The van der Waals surface area contributed by atoms with Crippen molar-refractivity contribution < 1.29 is 14.3 Å². The molecule has 3 aromatic rings. The fourth-order valence-corrected chi connectivity index (χ4v) is 4.20. The second-order valence-corrected chi connectivity index (χ2v) is 8.62. The maximum Gasteiger partial charge on any atom is 0.262 e. The van der Waals surface area contributed by atoms with E-state index in [0.29, 0.717) is 30.0 Å². The lowest BCUT2D eigenvalue weighted by atomic mass is 10.2. The van der Waals surface area contributed by atoms with E-state index < -0.39 is 0 Å². The standard InChI is InChI=1S/C23H29N3O4S/c1-5-6-11-30-18-8-7-17(12-19(18)29-4)13-24-20(27)9-10-26-14-25-22-21(23(26)28)15(2)16(3)31-22/h7-8,12,14H,5-6,9-11,13H2,1-4H3,(H,24,27). The van der Waals surface area contributed by atoms with Crippen LogP contribution in [0.4, 0.5) is 0 Å². The summed E-state index contributed by atoms with van der Waals surface area (Å²) in [6.07, 6.45) is 3.77. The van der Waals surface area contributed by atoms with Crippen molar-refractivity contribution in [3.63, 3.8) is 0 Å². The van der Waals surface area contributed by atoms with E-state index in [9.17, 15) is 9.59 Å². The average Bonchev–Trinajstić information content (AvgIpc) is 3.06. The van der Waals surface area contributed by atoms with Gasteiger partial charge in [0, 0.05) is 24.4 Å². The number of unbranched alkanes of at least 4 members (excludes halogenated alkanes) is 1. The number of fused-ring (bicyclic) bond motifs is 1. The van der Waals surface area contributed by atoms with Crippen LogP contribution >= 0.6 is 11.3 Å². The van der Waals surface area contributed by atoms with E-state index >= 15 is 0 Å².